The number of para-hydroxylation sites is 2. The third kappa shape index (κ3) is 4.71. The molecule has 1 saturated heterocycles. The summed E-state index contributed by atoms with van der Waals surface area (Å²) < 4.78 is 1.99. The molecule has 0 bridgehead atoms. The van der Waals surface area contributed by atoms with E-state index in [0.717, 1.165) is 68.6 Å². The van der Waals surface area contributed by atoms with Crippen LogP contribution in [0.1, 0.15) is 31.5 Å². The molecule has 0 unspecified atom stereocenters. The van der Waals surface area contributed by atoms with Gasteiger partial charge in [-0.15, -0.1) is 0 Å². The SMILES string of the molecule is O=C(NCCCc1nc2ccccc2[nH]1)N1CCC(CCn2cccn2)CC1. The van der Waals surface area contributed by atoms with Crippen molar-refractivity contribution in [3.63, 3.8) is 0 Å². The highest BCUT2D eigenvalue weighted by atomic mass is 16.2. The number of aromatic amines is 1. The van der Waals surface area contributed by atoms with E-state index >= 15 is 0 Å². The maximum Gasteiger partial charge on any atom is 0.317 e. The van der Waals surface area contributed by atoms with Crippen LogP contribution >= 0.6 is 0 Å². The highest BCUT2D eigenvalue weighted by Crippen LogP contribution is 2.21. The van der Waals surface area contributed by atoms with E-state index in [1.54, 1.807) is 0 Å². The largest absolute Gasteiger partial charge is 0.342 e. The van der Waals surface area contributed by atoms with Crippen molar-refractivity contribution in [2.75, 3.05) is 19.6 Å². The Kier molecular flexibility index (Phi) is 5.89. The number of urea groups is 1. The van der Waals surface area contributed by atoms with Crippen molar-refractivity contribution in [3.05, 3.63) is 48.5 Å². The molecule has 0 saturated carbocycles. The van der Waals surface area contributed by atoms with Gasteiger partial charge in [0.1, 0.15) is 5.82 Å². The van der Waals surface area contributed by atoms with E-state index in [1.807, 2.05) is 52.3 Å². The molecule has 1 aromatic carbocycles. The molecule has 3 heterocycles. The molecule has 3 aromatic rings. The first-order valence-corrected chi connectivity index (χ1v) is 10.2. The third-order valence-electron chi connectivity index (χ3n) is 5.53. The summed E-state index contributed by atoms with van der Waals surface area (Å²) in [4.78, 5) is 22.2. The maximum atomic E-state index is 12.4. The molecule has 1 aliphatic rings. The first-order valence-electron chi connectivity index (χ1n) is 10.2. The number of carbonyl (C=O) groups excluding carboxylic acids is 1. The lowest BCUT2D eigenvalue weighted by atomic mass is 9.94. The zero-order valence-electron chi connectivity index (χ0n) is 16.2. The zero-order valence-corrected chi connectivity index (χ0v) is 16.2. The summed E-state index contributed by atoms with van der Waals surface area (Å²) in [5, 5.41) is 7.31. The number of aromatic nitrogens is 4. The van der Waals surface area contributed by atoms with Crippen LogP contribution in [-0.4, -0.2) is 50.3 Å². The Labute approximate surface area is 165 Å². The maximum absolute atomic E-state index is 12.4. The molecule has 1 aliphatic heterocycles. The number of amides is 2. The fourth-order valence-corrected chi connectivity index (χ4v) is 3.86. The van der Waals surface area contributed by atoms with E-state index in [9.17, 15) is 4.79 Å². The number of benzene rings is 1. The predicted octanol–water partition coefficient (Wildman–Crippen LogP) is 3.20. The van der Waals surface area contributed by atoms with Crippen LogP contribution in [0.2, 0.25) is 0 Å². The molecule has 0 aliphatic carbocycles. The van der Waals surface area contributed by atoms with Gasteiger partial charge in [-0.2, -0.15) is 5.10 Å². The summed E-state index contributed by atoms with van der Waals surface area (Å²) in [6.45, 7) is 3.33. The number of piperidine rings is 1. The molecule has 7 nitrogen and oxygen atoms in total. The van der Waals surface area contributed by atoms with Crippen LogP contribution in [0.15, 0.2) is 42.7 Å². The molecule has 0 spiro atoms. The van der Waals surface area contributed by atoms with Crippen molar-refractivity contribution in [2.45, 2.75) is 38.6 Å². The fourth-order valence-electron chi connectivity index (χ4n) is 3.86. The number of aryl methyl sites for hydroxylation is 2. The minimum absolute atomic E-state index is 0.0649. The average Bonchev–Trinajstić information content (AvgIpc) is 3.39. The molecule has 1 fully saturated rings. The van der Waals surface area contributed by atoms with Gasteiger partial charge >= 0.3 is 6.03 Å². The highest BCUT2D eigenvalue weighted by molar-refractivity contribution is 5.75. The van der Waals surface area contributed by atoms with Crippen molar-refractivity contribution in [2.24, 2.45) is 5.92 Å². The van der Waals surface area contributed by atoms with E-state index in [2.05, 4.69) is 20.4 Å². The molecule has 0 radical (unpaired) electrons. The van der Waals surface area contributed by atoms with Crippen LogP contribution in [0.5, 0.6) is 0 Å². The average molecular weight is 380 g/mol. The van der Waals surface area contributed by atoms with Gasteiger partial charge in [-0.25, -0.2) is 9.78 Å². The number of hydrogen-bond acceptors (Lipinski definition) is 3. The summed E-state index contributed by atoms with van der Waals surface area (Å²) in [6.07, 6.45) is 8.83. The summed E-state index contributed by atoms with van der Waals surface area (Å²) in [5.41, 5.74) is 2.06. The van der Waals surface area contributed by atoms with Crippen LogP contribution in [0.3, 0.4) is 0 Å². The van der Waals surface area contributed by atoms with Gasteiger partial charge in [-0.1, -0.05) is 12.1 Å². The summed E-state index contributed by atoms with van der Waals surface area (Å²) >= 11 is 0. The van der Waals surface area contributed by atoms with Gasteiger partial charge in [-0.3, -0.25) is 4.68 Å². The molecule has 0 atom stereocenters. The number of H-pyrrole nitrogens is 1. The van der Waals surface area contributed by atoms with Gasteiger partial charge in [-0.05, 0) is 49.8 Å². The fraction of sp³-hybridized carbons (Fsp3) is 0.476. The summed E-state index contributed by atoms with van der Waals surface area (Å²) in [6, 6.07) is 10.1. The number of likely N-dealkylation sites (tertiary alicyclic amines) is 1. The molecule has 148 valence electrons. The van der Waals surface area contributed by atoms with Crippen molar-refractivity contribution in [3.8, 4) is 0 Å². The Balaban J connectivity index is 1.13. The standard InChI is InChI=1S/C21H28N6O/c28-21(22-11-3-7-20-24-18-5-1-2-6-19(18)25-20)26-14-8-17(9-15-26)10-16-27-13-4-12-23-27/h1-2,4-6,12-13,17H,3,7-11,14-16H2,(H,22,28)(H,24,25). The number of nitrogens with zero attached hydrogens (tertiary/aromatic N) is 4. The first-order chi connectivity index (χ1) is 13.8. The number of hydrogen-bond donors (Lipinski definition) is 2. The quantitative estimate of drug-likeness (QED) is 0.618. The van der Waals surface area contributed by atoms with E-state index < -0.39 is 0 Å². The topological polar surface area (TPSA) is 78.8 Å². The van der Waals surface area contributed by atoms with Gasteiger partial charge in [0.05, 0.1) is 11.0 Å². The highest BCUT2D eigenvalue weighted by Gasteiger charge is 2.22. The first kappa shape index (κ1) is 18.5. The molecule has 2 aromatic heterocycles. The van der Waals surface area contributed by atoms with Crippen molar-refractivity contribution in [1.29, 1.82) is 0 Å². The van der Waals surface area contributed by atoms with Crippen LogP contribution in [0, 0.1) is 5.92 Å². The van der Waals surface area contributed by atoms with Crippen molar-refractivity contribution < 1.29 is 4.79 Å². The molecule has 28 heavy (non-hydrogen) atoms. The minimum atomic E-state index is 0.0649. The Morgan fingerprint density at radius 1 is 1.21 bits per heavy atom. The second-order valence-electron chi connectivity index (χ2n) is 7.52. The summed E-state index contributed by atoms with van der Waals surface area (Å²) in [5.74, 6) is 1.66. The number of carbonyl (C=O) groups is 1. The lowest BCUT2D eigenvalue weighted by molar-refractivity contribution is 0.166. The molecule has 2 N–H and O–H groups in total. The van der Waals surface area contributed by atoms with Crippen molar-refractivity contribution >= 4 is 17.1 Å². The number of imidazole rings is 1. The molecule has 2 amide bonds. The van der Waals surface area contributed by atoms with Gasteiger partial charge in [0.25, 0.3) is 0 Å². The lowest BCUT2D eigenvalue weighted by Gasteiger charge is -2.32. The normalized spacial score (nSPS) is 15.2. The monoisotopic (exact) mass is 380 g/mol. The van der Waals surface area contributed by atoms with Gasteiger partial charge in [0, 0.05) is 45.0 Å². The Hall–Kier alpha value is -2.83. The molecular weight excluding hydrogens is 352 g/mol. The number of rotatable bonds is 7. The van der Waals surface area contributed by atoms with E-state index in [1.165, 1.54) is 0 Å². The van der Waals surface area contributed by atoms with E-state index in [4.69, 9.17) is 0 Å². The lowest BCUT2D eigenvalue weighted by Crippen LogP contribution is -2.44. The van der Waals surface area contributed by atoms with Gasteiger partial charge < -0.3 is 15.2 Å². The summed E-state index contributed by atoms with van der Waals surface area (Å²) in [7, 11) is 0. The van der Waals surface area contributed by atoms with Crippen LogP contribution in [-0.2, 0) is 13.0 Å². The van der Waals surface area contributed by atoms with E-state index in [-0.39, 0.29) is 6.03 Å². The van der Waals surface area contributed by atoms with Crippen LogP contribution < -0.4 is 5.32 Å². The molecule has 4 rings (SSSR count). The van der Waals surface area contributed by atoms with Gasteiger partial charge in [0.2, 0.25) is 0 Å². The Morgan fingerprint density at radius 2 is 2.07 bits per heavy atom. The molecular formula is C21H28N6O. The second-order valence-corrected chi connectivity index (χ2v) is 7.52. The van der Waals surface area contributed by atoms with Crippen LogP contribution in [0.25, 0.3) is 11.0 Å². The predicted molar refractivity (Wildman–Crippen MR) is 109 cm³/mol. The van der Waals surface area contributed by atoms with Crippen LogP contribution in [0.4, 0.5) is 4.79 Å². The van der Waals surface area contributed by atoms with Gasteiger partial charge in [0.15, 0.2) is 0 Å². The smallest absolute Gasteiger partial charge is 0.317 e. The Morgan fingerprint density at radius 3 is 2.86 bits per heavy atom. The van der Waals surface area contributed by atoms with Crippen molar-refractivity contribution in [1.82, 2.24) is 30.0 Å². The minimum Gasteiger partial charge on any atom is -0.342 e. The third-order valence-corrected chi connectivity index (χ3v) is 5.53. The second kappa shape index (κ2) is 8.91. The number of nitrogens with one attached hydrogen (secondary N) is 2. The van der Waals surface area contributed by atoms with E-state index in [0.29, 0.717) is 12.5 Å². The number of fused-ring (bicyclic) bond motifs is 1. The molecule has 7 heteroatoms. The zero-order chi connectivity index (χ0) is 19.2. The Bertz CT molecular complexity index is 846.